The van der Waals surface area contributed by atoms with E-state index in [1.165, 1.54) is 6.92 Å². The molecule has 4 N–H and O–H groups in total. The van der Waals surface area contributed by atoms with Gasteiger partial charge in [0.25, 0.3) is 0 Å². The van der Waals surface area contributed by atoms with Gasteiger partial charge in [0.05, 0.1) is 13.7 Å². The summed E-state index contributed by atoms with van der Waals surface area (Å²) in [6.07, 6.45) is -0.603. The van der Waals surface area contributed by atoms with Crippen molar-refractivity contribution in [3.63, 3.8) is 0 Å². The van der Waals surface area contributed by atoms with Gasteiger partial charge in [-0.25, -0.2) is 9.59 Å². The van der Waals surface area contributed by atoms with Gasteiger partial charge in [0.1, 0.15) is 17.7 Å². The van der Waals surface area contributed by atoms with E-state index in [2.05, 4.69) is 20.7 Å². The first-order chi connectivity index (χ1) is 14.5. The highest BCUT2D eigenvalue weighted by Crippen LogP contribution is 2.09. The van der Waals surface area contributed by atoms with E-state index in [9.17, 15) is 24.3 Å². The number of ether oxygens (including phenoxy) is 2. The topological polar surface area (TPSA) is 143 Å². The van der Waals surface area contributed by atoms with Crippen LogP contribution >= 0.6 is 0 Å². The Morgan fingerprint density at radius 1 is 0.968 bits per heavy atom. The number of aliphatic hydroxyl groups is 1. The molecule has 3 atom stereocenters. The van der Waals surface area contributed by atoms with Gasteiger partial charge in [-0.3, -0.25) is 9.59 Å². The summed E-state index contributed by atoms with van der Waals surface area (Å²) in [5.74, 6) is -2.13. The summed E-state index contributed by atoms with van der Waals surface area (Å²) in [6, 6.07) is 5.71. The van der Waals surface area contributed by atoms with Crippen molar-refractivity contribution in [3.8, 4) is 0 Å². The Labute approximate surface area is 181 Å². The number of hydrogen-bond acceptors (Lipinski definition) is 7. The van der Waals surface area contributed by atoms with Crippen molar-refractivity contribution in [2.45, 2.75) is 57.8 Å². The number of hydrogen-bond donors (Lipinski definition) is 4. The van der Waals surface area contributed by atoms with Gasteiger partial charge in [0.15, 0.2) is 6.04 Å². The highest BCUT2D eigenvalue weighted by atomic mass is 16.6. The van der Waals surface area contributed by atoms with Gasteiger partial charge < -0.3 is 30.5 Å². The second-order valence-electron chi connectivity index (χ2n) is 7.89. The summed E-state index contributed by atoms with van der Waals surface area (Å²) in [5, 5.41) is 16.5. The monoisotopic (exact) mass is 437 g/mol. The second kappa shape index (κ2) is 11.9. The number of benzene rings is 1. The lowest BCUT2D eigenvalue weighted by molar-refractivity contribution is -0.146. The predicted molar refractivity (Wildman–Crippen MR) is 112 cm³/mol. The molecule has 0 aliphatic rings. The third-order valence-electron chi connectivity index (χ3n) is 4.03. The van der Waals surface area contributed by atoms with Crippen LogP contribution in [0, 0.1) is 0 Å². The number of carbonyl (C=O) groups excluding carboxylic acids is 4. The zero-order valence-electron chi connectivity index (χ0n) is 18.4. The van der Waals surface area contributed by atoms with Crippen molar-refractivity contribution >= 4 is 23.9 Å². The first-order valence-corrected chi connectivity index (χ1v) is 9.79. The quantitative estimate of drug-likeness (QED) is 0.406. The first kappa shape index (κ1) is 25.9. The molecule has 0 bridgehead atoms. The molecule has 10 heteroatoms. The fourth-order valence-corrected chi connectivity index (χ4v) is 2.51. The highest BCUT2D eigenvalue weighted by molar-refractivity contribution is 5.93. The molecule has 0 unspecified atom stereocenters. The molecular formula is C21H31N3O7. The van der Waals surface area contributed by atoms with Gasteiger partial charge in [0.2, 0.25) is 11.8 Å². The summed E-state index contributed by atoms with van der Waals surface area (Å²) in [5.41, 5.74) is 0.0416. The van der Waals surface area contributed by atoms with Gasteiger partial charge in [-0.1, -0.05) is 30.3 Å². The summed E-state index contributed by atoms with van der Waals surface area (Å²) in [7, 11) is 1.12. The minimum absolute atomic E-state index is 0.168. The zero-order chi connectivity index (χ0) is 23.6. The summed E-state index contributed by atoms with van der Waals surface area (Å²) >= 11 is 0. The number of esters is 1. The maximum atomic E-state index is 12.8. The molecule has 0 heterocycles. The van der Waals surface area contributed by atoms with E-state index in [-0.39, 0.29) is 6.42 Å². The van der Waals surface area contributed by atoms with Gasteiger partial charge in [-0.15, -0.1) is 0 Å². The molecule has 0 aliphatic carbocycles. The first-order valence-electron chi connectivity index (χ1n) is 9.79. The summed E-state index contributed by atoms with van der Waals surface area (Å²) < 4.78 is 9.72. The van der Waals surface area contributed by atoms with Crippen molar-refractivity contribution in [2.24, 2.45) is 0 Å². The number of aliphatic hydroxyl groups excluding tert-OH is 1. The van der Waals surface area contributed by atoms with E-state index in [0.29, 0.717) is 0 Å². The Hall–Kier alpha value is -3.14. The van der Waals surface area contributed by atoms with Crippen molar-refractivity contribution in [2.75, 3.05) is 13.7 Å². The molecule has 0 aliphatic heterocycles. The number of carbonyl (C=O) groups is 4. The van der Waals surface area contributed by atoms with E-state index in [1.807, 2.05) is 6.07 Å². The molecule has 0 fully saturated rings. The van der Waals surface area contributed by atoms with E-state index in [0.717, 1.165) is 12.7 Å². The minimum atomic E-state index is -1.25. The van der Waals surface area contributed by atoms with Crippen molar-refractivity contribution < 1.29 is 33.8 Å². The van der Waals surface area contributed by atoms with Crippen LogP contribution < -0.4 is 16.0 Å². The van der Waals surface area contributed by atoms with Crippen LogP contribution in [-0.2, 0) is 30.3 Å². The highest BCUT2D eigenvalue weighted by Gasteiger charge is 2.28. The van der Waals surface area contributed by atoms with Gasteiger partial charge in [-0.2, -0.15) is 0 Å². The van der Waals surface area contributed by atoms with Crippen LogP contribution in [0.1, 0.15) is 33.3 Å². The maximum absolute atomic E-state index is 12.8. The molecule has 0 saturated heterocycles. The fraction of sp³-hybridized carbons (Fsp3) is 0.524. The Bertz CT molecular complexity index is 762. The minimum Gasteiger partial charge on any atom is -0.467 e. The molecule has 3 amide bonds. The third kappa shape index (κ3) is 9.47. The average molecular weight is 437 g/mol. The van der Waals surface area contributed by atoms with Crippen LogP contribution in [0.3, 0.4) is 0 Å². The zero-order valence-corrected chi connectivity index (χ0v) is 18.4. The maximum Gasteiger partial charge on any atom is 0.408 e. The lowest BCUT2D eigenvalue weighted by Gasteiger charge is -2.25. The summed E-state index contributed by atoms with van der Waals surface area (Å²) in [6.45, 7) is 5.85. The summed E-state index contributed by atoms with van der Waals surface area (Å²) in [4.78, 5) is 48.8. The van der Waals surface area contributed by atoms with Gasteiger partial charge in [-0.05, 0) is 33.3 Å². The van der Waals surface area contributed by atoms with Crippen LogP contribution in [-0.4, -0.2) is 66.4 Å². The molecule has 0 aromatic heterocycles. The standard InChI is InChI=1S/C21H31N3O7/c1-13(17(26)23-16(12-25)19(28)30-5)22-18(27)15(11-14-9-7-6-8-10-14)24-20(29)31-21(2,3)4/h6-10,13,15-16,25H,11-12H2,1-5H3,(H,22,27)(H,23,26)(H,24,29)/t13-,15+,16+/m1/s1. The molecule has 31 heavy (non-hydrogen) atoms. The van der Waals surface area contributed by atoms with Crippen molar-refractivity contribution in [3.05, 3.63) is 35.9 Å². The Morgan fingerprint density at radius 2 is 1.58 bits per heavy atom. The van der Waals surface area contributed by atoms with Crippen molar-refractivity contribution in [1.29, 1.82) is 0 Å². The molecule has 1 aromatic carbocycles. The smallest absolute Gasteiger partial charge is 0.408 e. The molecule has 1 rings (SSSR count). The van der Waals surface area contributed by atoms with Crippen LogP contribution in [0.4, 0.5) is 4.79 Å². The van der Waals surface area contributed by atoms with E-state index in [1.54, 1.807) is 45.0 Å². The molecule has 0 radical (unpaired) electrons. The van der Waals surface area contributed by atoms with E-state index in [4.69, 9.17) is 4.74 Å². The number of amides is 3. The number of alkyl carbamates (subject to hydrolysis) is 1. The number of methoxy groups -OCH3 is 1. The molecule has 1 aromatic rings. The molecule has 0 spiro atoms. The lowest BCUT2D eigenvalue weighted by atomic mass is 10.0. The number of rotatable bonds is 9. The SMILES string of the molecule is COC(=O)[C@H](CO)NC(=O)[C@@H](C)NC(=O)[C@H](Cc1ccccc1)NC(=O)OC(C)(C)C. The predicted octanol–water partition coefficient (Wildman–Crippen LogP) is 0.277. The van der Waals surface area contributed by atoms with Crippen LogP contribution in [0.25, 0.3) is 0 Å². The molecule has 10 nitrogen and oxygen atoms in total. The largest absolute Gasteiger partial charge is 0.467 e. The van der Waals surface area contributed by atoms with E-state index >= 15 is 0 Å². The van der Waals surface area contributed by atoms with Crippen LogP contribution in [0.5, 0.6) is 0 Å². The van der Waals surface area contributed by atoms with Gasteiger partial charge in [0, 0.05) is 6.42 Å². The van der Waals surface area contributed by atoms with Gasteiger partial charge >= 0.3 is 12.1 Å². The Kier molecular flexibility index (Phi) is 9.94. The fourth-order valence-electron chi connectivity index (χ4n) is 2.51. The number of nitrogens with one attached hydrogen (secondary N) is 3. The Morgan fingerprint density at radius 3 is 2.10 bits per heavy atom. The molecule has 172 valence electrons. The van der Waals surface area contributed by atoms with E-state index < -0.39 is 54.2 Å². The lowest BCUT2D eigenvalue weighted by Crippen LogP contribution is -2.56. The van der Waals surface area contributed by atoms with Crippen molar-refractivity contribution in [1.82, 2.24) is 16.0 Å². The van der Waals surface area contributed by atoms with Crippen LogP contribution in [0.15, 0.2) is 30.3 Å². The molecule has 0 saturated carbocycles. The second-order valence-corrected chi connectivity index (χ2v) is 7.89. The van der Waals surface area contributed by atoms with Crippen LogP contribution in [0.2, 0.25) is 0 Å². The average Bonchev–Trinajstić information content (AvgIpc) is 2.69. The molecular weight excluding hydrogens is 406 g/mol. The Balaban J connectivity index is 2.86. The normalized spacial score (nSPS) is 13.9. The third-order valence-corrected chi connectivity index (χ3v) is 4.03.